The molecule has 0 aliphatic rings. The van der Waals surface area contributed by atoms with E-state index in [1.54, 1.807) is 0 Å². The van der Waals surface area contributed by atoms with Crippen LogP contribution in [0, 0.1) is 12.8 Å². The standard InChI is InChI=1S/C14H21ClN2O/c1-9(2)14(4,13(16)18)17-8-11-6-5-10(3)12(15)7-11/h5-7,9,17H,8H2,1-4H3,(H2,16,18). The van der Waals surface area contributed by atoms with Gasteiger partial charge in [-0.2, -0.15) is 0 Å². The Morgan fingerprint density at radius 3 is 2.56 bits per heavy atom. The number of carbonyl (C=O) groups excluding carboxylic acids is 1. The van der Waals surface area contributed by atoms with Crippen molar-refractivity contribution in [3.8, 4) is 0 Å². The van der Waals surface area contributed by atoms with Crippen LogP contribution in [0.3, 0.4) is 0 Å². The molecule has 1 aromatic carbocycles. The molecule has 0 aliphatic heterocycles. The number of hydrogen-bond acceptors (Lipinski definition) is 2. The van der Waals surface area contributed by atoms with Crippen molar-refractivity contribution in [3.05, 3.63) is 34.3 Å². The van der Waals surface area contributed by atoms with Crippen molar-refractivity contribution in [1.82, 2.24) is 5.32 Å². The zero-order valence-corrected chi connectivity index (χ0v) is 12.1. The van der Waals surface area contributed by atoms with Gasteiger partial charge in [0.2, 0.25) is 5.91 Å². The molecule has 1 unspecified atom stereocenters. The first-order valence-electron chi connectivity index (χ1n) is 6.07. The van der Waals surface area contributed by atoms with E-state index in [1.807, 2.05) is 45.9 Å². The quantitative estimate of drug-likeness (QED) is 0.863. The molecule has 0 saturated carbocycles. The van der Waals surface area contributed by atoms with E-state index in [-0.39, 0.29) is 11.8 Å². The van der Waals surface area contributed by atoms with Crippen LogP contribution in [0.15, 0.2) is 18.2 Å². The van der Waals surface area contributed by atoms with Gasteiger partial charge in [0.25, 0.3) is 0 Å². The van der Waals surface area contributed by atoms with Crippen LogP contribution < -0.4 is 11.1 Å². The minimum atomic E-state index is -0.711. The Morgan fingerprint density at radius 1 is 1.50 bits per heavy atom. The Bertz CT molecular complexity index is 445. The molecule has 3 N–H and O–H groups in total. The summed E-state index contributed by atoms with van der Waals surface area (Å²) in [4.78, 5) is 11.5. The van der Waals surface area contributed by atoms with Gasteiger partial charge in [0.05, 0.1) is 5.54 Å². The third-order valence-electron chi connectivity index (χ3n) is 3.56. The minimum absolute atomic E-state index is 0.121. The highest BCUT2D eigenvalue weighted by Gasteiger charge is 2.33. The number of amides is 1. The lowest BCUT2D eigenvalue weighted by molar-refractivity contribution is -0.125. The highest BCUT2D eigenvalue weighted by molar-refractivity contribution is 6.31. The predicted octanol–water partition coefficient (Wildman–Crippen LogP) is 2.64. The SMILES string of the molecule is Cc1ccc(CNC(C)(C(N)=O)C(C)C)cc1Cl. The fourth-order valence-corrected chi connectivity index (χ4v) is 1.81. The Labute approximate surface area is 114 Å². The van der Waals surface area contributed by atoms with Gasteiger partial charge in [0, 0.05) is 11.6 Å². The molecule has 100 valence electrons. The second-order valence-corrected chi connectivity index (χ2v) is 5.57. The second-order valence-electron chi connectivity index (χ2n) is 5.16. The summed E-state index contributed by atoms with van der Waals surface area (Å²) < 4.78 is 0. The van der Waals surface area contributed by atoms with Gasteiger partial charge in [0.1, 0.15) is 0 Å². The molecule has 18 heavy (non-hydrogen) atoms. The van der Waals surface area contributed by atoms with E-state index < -0.39 is 5.54 Å². The average molecular weight is 269 g/mol. The lowest BCUT2D eigenvalue weighted by Gasteiger charge is -2.31. The summed E-state index contributed by atoms with van der Waals surface area (Å²) in [6.07, 6.45) is 0. The smallest absolute Gasteiger partial charge is 0.237 e. The second kappa shape index (κ2) is 5.72. The van der Waals surface area contributed by atoms with Crippen molar-refractivity contribution >= 4 is 17.5 Å². The maximum atomic E-state index is 11.5. The van der Waals surface area contributed by atoms with Crippen molar-refractivity contribution in [2.24, 2.45) is 11.7 Å². The first-order chi connectivity index (χ1) is 8.27. The third kappa shape index (κ3) is 3.24. The van der Waals surface area contributed by atoms with Gasteiger partial charge in [0.15, 0.2) is 0 Å². The molecule has 1 aromatic rings. The molecule has 4 heteroatoms. The zero-order valence-electron chi connectivity index (χ0n) is 11.4. The Morgan fingerprint density at radius 2 is 2.11 bits per heavy atom. The van der Waals surface area contributed by atoms with Gasteiger partial charge in [-0.15, -0.1) is 0 Å². The summed E-state index contributed by atoms with van der Waals surface area (Å²) in [5.74, 6) is -0.216. The van der Waals surface area contributed by atoms with Gasteiger partial charge in [-0.1, -0.05) is 37.6 Å². The first kappa shape index (κ1) is 15.0. The number of rotatable bonds is 5. The fourth-order valence-electron chi connectivity index (χ4n) is 1.61. The van der Waals surface area contributed by atoms with E-state index in [2.05, 4.69) is 5.32 Å². The third-order valence-corrected chi connectivity index (χ3v) is 3.97. The summed E-state index contributed by atoms with van der Waals surface area (Å²) in [6, 6.07) is 5.87. The van der Waals surface area contributed by atoms with Crippen LogP contribution in [-0.2, 0) is 11.3 Å². The molecule has 0 aromatic heterocycles. The Kier molecular flexibility index (Phi) is 4.77. The molecule has 0 fully saturated rings. The molecule has 0 aliphatic carbocycles. The largest absolute Gasteiger partial charge is 0.368 e. The van der Waals surface area contributed by atoms with E-state index in [9.17, 15) is 4.79 Å². The van der Waals surface area contributed by atoms with Crippen LogP contribution >= 0.6 is 11.6 Å². The average Bonchev–Trinajstić information content (AvgIpc) is 2.29. The molecule has 1 atom stereocenters. The molecule has 1 amide bonds. The molecular formula is C14H21ClN2O. The lowest BCUT2D eigenvalue weighted by Crippen LogP contribution is -2.56. The summed E-state index contributed by atoms with van der Waals surface area (Å²) in [7, 11) is 0. The van der Waals surface area contributed by atoms with Crippen molar-refractivity contribution in [2.45, 2.75) is 39.8 Å². The van der Waals surface area contributed by atoms with Crippen LogP contribution in [-0.4, -0.2) is 11.4 Å². The number of halogens is 1. The molecule has 0 radical (unpaired) electrons. The van der Waals surface area contributed by atoms with Gasteiger partial charge in [-0.3, -0.25) is 10.1 Å². The van der Waals surface area contributed by atoms with Gasteiger partial charge in [-0.05, 0) is 37.0 Å². The molecule has 1 rings (SSSR count). The number of primary amides is 1. The van der Waals surface area contributed by atoms with E-state index in [0.29, 0.717) is 6.54 Å². The highest BCUT2D eigenvalue weighted by atomic mass is 35.5. The maximum Gasteiger partial charge on any atom is 0.237 e. The number of nitrogens with two attached hydrogens (primary N) is 1. The van der Waals surface area contributed by atoms with Crippen LogP contribution in [0.5, 0.6) is 0 Å². The lowest BCUT2D eigenvalue weighted by atomic mass is 9.87. The highest BCUT2D eigenvalue weighted by Crippen LogP contribution is 2.19. The van der Waals surface area contributed by atoms with Crippen molar-refractivity contribution in [2.75, 3.05) is 0 Å². The Balaban J connectivity index is 2.80. The zero-order chi connectivity index (χ0) is 13.9. The maximum absolute atomic E-state index is 11.5. The summed E-state index contributed by atoms with van der Waals surface area (Å²) >= 11 is 6.07. The van der Waals surface area contributed by atoms with Crippen molar-refractivity contribution in [1.29, 1.82) is 0 Å². The number of benzene rings is 1. The van der Waals surface area contributed by atoms with E-state index in [1.165, 1.54) is 0 Å². The van der Waals surface area contributed by atoms with Crippen molar-refractivity contribution in [3.63, 3.8) is 0 Å². The van der Waals surface area contributed by atoms with Gasteiger partial charge < -0.3 is 5.73 Å². The first-order valence-corrected chi connectivity index (χ1v) is 6.45. The van der Waals surface area contributed by atoms with Gasteiger partial charge in [-0.25, -0.2) is 0 Å². The van der Waals surface area contributed by atoms with Crippen LogP contribution in [0.2, 0.25) is 5.02 Å². The normalized spacial score (nSPS) is 14.6. The van der Waals surface area contributed by atoms with E-state index in [4.69, 9.17) is 17.3 Å². The molecular weight excluding hydrogens is 248 g/mol. The topological polar surface area (TPSA) is 55.1 Å². The Hall–Kier alpha value is -1.06. The van der Waals surface area contributed by atoms with Crippen LogP contribution in [0.25, 0.3) is 0 Å². The molecule has 3 nitrogen and oxygen atoms in total. The number of carbonyl (C=O) groups is 1. The molecule has 0 bridgehead atoms. The molecule has 0 heterocycles. The van der Waals surface area contributed by atoms with E-state index in [0.717, 1.165) is 16.1 Å². The summed E-state index contributed by atoms with van der Waals surface area (Å²) in [5.41, 5.74) is 6.84. The van der Waals surface area contributed by atoms with Crippen LogP contribution in [0.1, 0.15) is 31.9 Å². The fraction of sp³-hybridized carbons (Fsp3) is 0.500. The minimum Gasteiger partial charge on any atom is -0.368 e. The number of hydrogen-bond donors (Lipinski definition) is 2. The number of nitrogens with one attached hydrogen (secondary N) is 1. The van der Waals surface area contributed by atoms with Crippen molar-refractivity contribution < 1.29 is 4.79 Å². The van der Waals surface area contributed by atoms with Gasteiger partial charge >= 0.3 is 0 Å². The summed E-state index contributed by atoms with van der Waals surface area (Å²) in [5, 5.41) is 3.96. The monoisotopic (exact) mass is 268 g/mol. The predicted molar refractivity (Wildman–Crippen MR) is 75.5 cm³/mol. The summed E-state index contributed by atoms with van der Waals surface area (Å²) in [6.45, 7) is 8.30. The molecule has 0 spiro atoms. The molecule has 0 saturated heterocycles. The number of aryl methyl sites for hydroxylation is 1. The van der Waals surface area contributed by atoms with E-state index >= 15 is 0 Å². The van der Waals surface area contributed by atoms with Crippen LogP contribution in [0.4, 0.5) is 0 Å².